The maximum absolute atomic E-state index is 13.1. The largest absolute Gasteiger partial charge is 0.392 e. The van der Waals surface area contributed by atoms with Crippen LogP contribution in [-0.4, -0.2) is 39.4 Å². The predicted molar refractivity (Wildman–Crippen MR) is 92.1 cm³/mol. The van der Waals surface area contributed by atoms with Crippen LogP contribution in [0.1, 0.15) is 53.4 Å². The molecule has 0 aromatic rings. The van der Waals surface area contributed by atoms with Crippen molar-refractivity contribution < 1.29 is 4.79 Å². The Morgan fingerprint density at radius 1 is 1.35 bits per heavy atom. The minimum Gasteiger partial charge on any atom is -0.392 e. The number of hydrogen-bond acceptors (Lipinski definition) is 3. The Bertz CT molecular complexity index is 354. The van der Waals surface area contributed by atoms with Crippen LogP contribution in [0.25, 0.3) is 0 Å². The van der Waals surface area contributed by atoms with Gasteiger partial charge in [0.05, 0.1) is 10.4 Å². The van der Waals surface area contributed by atoms with E-state index in [0.29, 0.717) is 10.2 Å². The third-order valence-electron chi connectivity index (χ3n) is 4.38. The number of amides is 1. The van der Waals surface area contributed by atoms with Crippen LogP contribution >= 0.6 is 24.0 Å². The van der Waals surface area contributed by atoms with Crippen molar-refractivity contribution >= 4 is 34.9 Å². The first-order chi connectivity index (χ1) is 9.40. The molecule has 2 N–H and O–H groups in total. The quantitative estimate of drug-likeness (QED) is 0.764. The van der Waals surface area contributed by atoms with Gasteiger partial charge in [-0.1, -0.05) is 45.8 Å². The third-order valence-corrected chi connectivity index (χ3v) is 6.11. The van der Waals surface area contributed by atoms with E-state index in [1.54, 1.807) is 0 Å². The lowest BCUT2D eigenvalue weighted by atomic mass is 9.77. The van der Waals surface area contributed by atoms with E-state index in [1.165, 1.54) is 0 Å². The van der Waals surface area contributed by atoms with Crippen molar-refractivity contribution in [2.24, 2.45) is 11.1 Å². The van der Waals surface area contributed by atoms with Crippen LogP contribution in [0.15, 0.2) is 0 Å². The fourth-order valence-corrected chi connectivity index (χ4v) is 4.43. The average Bonchev–Trinajstić information content (AvgIpc) is 2.40. The smallest absolute Gasteiger partial charge is 0.235 e. The fraction of sp³-hybridized carbons (Fsp3) is 0.867. The summed E-state index contributed by atoms with van der Waals surface area (Å²) >= 11 is 7.23. The number of carbonyl (C=O) groups is 1. The highest BCUT2D eigenvalue weighted by Gasteiger charge is 2.44. The Labute approximate surface area is 133 Å². The molecule has 0 radical (unpaired) electrons. The number of rotatable bonds is 6. The Morgan fingerprint density at radius 2 is 1.90 bits per heavy atom. The van der Waals surface area contributed by atoms with E-state index in [0.717, 1.165) is 38.0 Å². The van der Waals surface area contributed by atoms with Crippen molar-refractivity contribution in [3.63, 3.8) is 0 Å². The Hall–Kier alpha value is -0.290. The van der Waals surface area contributed by atoms with Gasteiger partial charge in [0.2, 0.25) is 5.91 Å². The van der Waals surface area contributed by atoms with Crippen molar-refractivity contribution in [2.75, 3.05) is 12.3 Å². The van der Waals surface area contributed by atoms with Crippen molar-refractivity contribution in [3.8, 4) is 0 Å². The molecule has 0 bridgehead atoms. The molecule has 2 unspecified atom stereocenters. The van der Waals surface area contributed by atoms with Crippen molar-refractivity contribution in [1.82, 2.24) is 4.90 Å². The second kappa shape index (κ2) is 7.64. The van der Waals surface area contributed by atoms with Gasteiger partial charge in [0.15, 0.2) is 0 Å². The number of nitrogens with two attached hydrogens (primary N) is 1. The maximum Gasteiger partial charge on any atom is 0.235 e. The second-order valence-corrected chi connectivity index (χ2v) is 7.69. The zero-order valence-electron chi connectivity index (χ0n) is 13.1. The van der Waals surface area contributed by atoms with E-state index < -0.39 is 5.41 Å². The van der Waals surface area contributed by atoms with E-state index in [-0.39, 0.29) is 11.9 Å². The van der Waals surface area contributed by atoms with Gasteiger partial charge < -0.3 is 10.6 Å². The van der Waals surface area contributed by atoms with E-state index >= 15 is 0 Å². The molecule has 1 heterocycles. The molecule has 1 fully saturated rings. The Kier molecular flexibility index (Phi) is 6.79. The topological polar surface area (TPSA) is 46.3 Å². The van der Waals surface area contributed by atoms with Gasteiger partial charge >= 0.3 is 0 Å². The maximum atomic E-state index is 13.1. The fourth-order valence-electron chi connectivity index (χ4n) is 3.04. The molecule has 116 valence electrons. The van der Waals surface area contributed by atoms with Gasteiger partial charge in [0.25, 0.3) is 0 Å². The summed E-state index contributed by atoms with van der Waals surface area (Å²) < 4.78 is 0. The summed E-state index contributed by atoms with van der Waals surface area (Å²) in [5.74, 6) is 1.16. The lowest BCUT2D eigenvalue weighted by Crippen LogP contribution is -2.57. The SMILES string of the molecule is CCCC(CCC)(C(=O)N1CCSC(C)C1C)C(N)=S. The van der Waals surface area contributed by atoms with E-state index in [9.17, 15) is 4.79 Å². The number of thiocarbonyl (C=S) groups is 1. The highest BCUT2D eigenvalue weighted by molar-refractivity contribution is 8.00. The van der Waals surface area contributed by atoms with Crippen LogP contribution in [0.3, 0.4) is 0 Å². The van der Waals surface area contributed by atoms with Gasteiger partial charge in [0.1, 0.15) is 0 Å². The summed E-state index contributed by atoms with van der Waals surface area (Å²) in [5.41, 5.74) is 5.38. The van der Waals surface area contributed by atoms with Gasteiger partial charge in [-0.25, -0.2) is 0 Å². The summed E-state index contributed by atoms with van der Waals surface area (Å²) in [5, 5.41) is 0.472. The summed E-state index contributed by atoms with van der Waals surface area (Å²) in [6.07, 6.45) is 3.38. The molecule has 1 aliphatic heterocycles. The predicted octanol–water partition coefficient (Wildman–Crippen LogP) is 3.21. The molecule has 1 aliphatic rings. The van der Waals surface area contributed by atoms with Crippen molar-refractivity contribution in [2.45, 2.75) is 64.7 Å². The second-order valence-electron chi connectivity index (χ2n) is 5.76. The van der Waals surface area contributed by atoms with Gasteiger partial charge in [-0.3, -0.25) is 4.79 Å². The first-order valence-electron chi connectivity index (χ1n) is 7.63. The lowest BCUT2D eigenvalue weighted by Gasteiger charge is -2.43. The highest BCUT2D eigenvalue weighted by Crippen LogP contribution is 2.36. The van der Waals surface area contributed by atoms with Crippen LogP contribution in [0.2, 0.25) is 0 Å². The molecule has 0 spiro atoms. The summed E-state index contributed by atoms with van der Waals surface area (Å²) in [6.45, 7) is 9.32. The summed E-state index contributed by atoms with van der Waals surface area (Å²) in [6, 6.07) is 0.253. The summed E-state index contributed by atoms with van der Waals surface area (Å²) in [4.78, 5) is 15.5. The van der Waals surface area contributed by atoms with Crippen LogP contribution in [0, 0.1) is 5.41 Å². The third kappa shape index (κ3) is 3.48. The first-order valence-corrected chi connectivity index (χ1v) is 9.09. The first kappa shape index (κ1) is 17.8. The number of carbonyl (C=O) groups excluding carboxylic acids is 1. The molecule has 1 saturated heterocycles. The molecule has 1 rings (SSSR count). The molecule has 5 heteroatoms. The molecular formula is C15H28N2OS2. The molecular weight excluding hydrogens is 288 g/mol. The molecule has 0 aliphatic carbocycles. The average molecular weight is 317 g/mol. The zero-order chi connectivity index (χ0) is 15.3. The van der Waals surface area contributed by atoms with Crippen molar-refractivity contribution in [1.29, 1.82) is 0 Å². The molecule has 3 nitrogen and oxygen atoms in total. The Balaban J connectivity index is 3.05. The lowest BCUT2D eigenvalue weighted by molar-refractivity contribution is -0.141. The standard InChI is InChI=1S/C15H28N2OS2/c1-5-7-15(8-6-2,13(16)19)14(18)17-9-10-20-12(4)11(17)3/h11-12H,5-10H2,1-4H3,(H2,16,19). The monoisotopic (exact) mass is 316 g/mol. The van der Waals surface area contributed by atoms with Crippen LogP contribution < -0.4 is 5.73 Å². The van der Waals surface area contributed by atoms with E-state index in [4.69, 9.17) is 18.0 Å². The minimum atomic E-state index is -0.630. The zero-order valence-corrected chi connectivity index (χ0v) is 14.8. The Morgan fingerprint density at radius 3 is 2.35 bits per heavy atom. The molecule has 2 atom stereocenters. The molecule has 20 heavy (non-hydrogen) atoms. The van der Waals surface area contributed by atoms with Crippen LogP contribution in [-0.2, 0) is 4.79 Å². The van der Waals surface area contributed by atoms with Gasteiger partial charge in [0, 0.05) is 23.6 Å². The number of nitrogens with zero attached hydrogens (tertiary/aromatic N) is 1. The van der Waals surface area contributed by atoms with Crippen molar-refractivity contribution in [3.05, 3.63) is 0 Å². The molecule has 0 saturated carbocycles. The van der Waals surface area contributed by atoms with Gasteiger partial charge in [-0.05, 0) is 19.8 Å². The van der Waals surface area contributed by atoms with Gasteiger partial charge in [-0.2, -0.15) is 11.8 Å². The molecule has 0 aromatic heterocycles. The molecule has 1 amide bonds. The highest BCUT2D eigenvalue weighted by atomic mass is 32.2. The van der Waals surface area contributed by atoms with Crippen LogP contribution in [0.5, 0.6) is 0 Å². The van der Waals surface area contributed by atoms with Gasteiger partial charge in [-0.15, -0.1) is 0 Å². The minimum absolute atomic E-state index is 0.161. The number of hydrogen-bond donors (Lipinski definition) is 1. The normalized spacial score (nSPS) is 23.7. The van der Waals surface area contributed by atoms with E-state index in [1.807, 2.05) is 16.7 Å². The van der Waals surface area contributed by atoms with E-state index in [2.05, 4.69) is 27.7 Å². The number of thioether (sulfide) groups is 1. The molecule has 0 aromatic carbocycles. The summed E-state index contributed by atoms with van der Waals surface area (Å²) in [7, 11) is 0. The van der Waals surface area contributed by atoms with Crippen LogP contribution in [0.4, 0.5) is 0 Å².